The molecule has 0 spiro atoms. The Morgan fingerprint density at radius 2 is 0.603 bits per heavy atom. The number of fused-ring (bicyclic) bond motifs is 6. The fourth-order valence-electron chi connectivity index (χ4n) is 9.87. The highest BCUT2D eigenvalue weighted by molar-refractivity contribution is 5.89. The molecule has 0 unspecified atom stereocenters. The molecule has 4 heteroatoms. The molecule has 0 saturated heterocycles. The van der Waals surface area contributed by atoms with Gasteiger partial charge in [-0.15, -0.1) is 0 Å². The third kappa shape index (κ3) is 5.36. The van der Waals surface area contributed by atoms with Gasteiger partial charge in [0.2, 0.25) is 0 Å². The second kappa shape index (κ2) is 13.9. The first-order valence-electron chi connectivity index (χ1n) is 19.7. The van der Waals surface area contributed by atoms with E-state index in [0.717, 1.165) is 66.8 Å². The van der Waals surface area contributed by atoms with Crippen molar-refractivity contribution in [2.24, 2.45) is 0 Å². The molecule has 10 rings (SSSR count). The molecule has 2 aliphatic rings. The second-order valence-electron chi connectivity index (χ2n) is 15.7. The van der Waals surface area contributed by atoms with E-state index in [-0.39, 0.29) is 23.0 Å². The standard InChI is InChI=1S/2C27H22O2/c1-17-11-13-19(28)15-25(17)27(26-16-20(29)14-12-18(26)2)23-9-5-3-7-21(23)22-8-4-6-10-24(22)27;1-17-11-13-23(25(28)15-17)27(24-14-12-18(2)16-26(24)29)21-9-5-3-7-19(21)20-8-4-6-10-22(20)27/h2*3-16,28-29H,1-2H3. The molecule has 0 heterocycles. The van der Waals surface area contributed by atoms with E-state index in [9.17, 15) is 20.4 Å². The van der Waals surface area contributed by atoms with Crippen molar-refractivity contribution in [3.63, 3.8) is 0 Å². The molecule has 0 radical (unpaired) electrons. The first-order chi connectivity index (χ1) is 28.1. The number of phenols is 4. The highest BCUT2D eigenvalue weighted by Gasteiger charge is 2.49. The summed E-state index contributed by atoms with van der Waals surface area (Å²) in [6.45, 7) is 8.10. The molecule has 0 saturated carbocycles. The van der Waals surface area contributed by atoms with E-state index in [2.05, 4.69) is 86.6 Å². The van der Waals surface area contributed by atoms with Gasteiger partial charge in [0, 0.05) is 11.1 Å². The Morgan fingerprint density at radius 3 is 0.931 bits per heavy atom. The quantitative estimate of drug-likeness (QED) is 0.144. The van der Waals surface area contributed by atoms with Gasteiger partial charge in [-0.05, 0) is 142 Å². The Balaban J connectivity index is 0.000000150. The Labute approximate surface area is 339 Å². The van der Waals surface area contributed by atoms with Crippen LogP contribution in [-0.2, 0) is 10.8 Å². The van der Waals surface area contributed by atoms with Gasteiger partial charge in [-0.2, -0.15) is 0 Å². The first-order valence-corrected chi connectivity index (χ1v) is 19.7. The normalized spacial score (nSPS) is 13.7. The van der Waals surface area contributed by atoms with Gasteiger partial charge in [0.05, 0.1) is 10.8 Å². The summed E-state index contributed by atoms with van der Waals surface area (Å²) in [7, 11) is 0. The van der Waals surface area contributed by atoms with Crippen molar-refractivity contribution in [1.29, 1.82) is 0 Å². The first kappa shape index (κ1) is 36.6. The maximum absolute atomic E-state index is 11.1. The maximum Gasteiger partial charge on any atom is 0.120 e. The molecule has 0 fully saturated rings. The van der Waals surface area contributed by atoms with Gasteiger partial charge in [-0.25, -0.2) is 0 Å². The van der Waals surface area contributed by atoms with E-state index in [4.69, 9.17) is 0 Å². The van der Waals surface area contributed by atoms with E-state index < -0.39 is 10.8 Å². The van der Waals surface area contributed by atoms with Crippen LogP contribution in [0, 0.1) is 27.7 Å². The van der Waals surface area contributed by atoms with Crippen molar-refractivity contribution in [3.8, 4) is 45.3 Å². The van der Waals surface area contributed by atoms with Crippen LogP contribution in [0.2, 0.25) is 0 Å². The average molecular weight is 757 g/mol. The minimum atomic E-state index is -0.789. The summed E-state index contributed by atoms with van der Waals surface area (Å²) in [6, 6.07) is 56.2. The van der Waals surface area contributed by atoms with Crippen LogP contribution in [-0.4, -0.2) is 20.4 Å². The van der Waals surface area contributed by atoms with Crippen molar-refractivity contribution >= 4 is 0 Å². The number of hydrogen-bond acceptors (Lipinski definition) is 4. The molecule has 284 valence electrons. The molecule has 2 aliphatic carbocycles. The molecule has 8 aromatic carbocycles. The van der Waals surface area contributed by atoms with Crippen LogP contribution in [0.1, 0.15) is 66.8 Å². The number of benzene rings is 8. The molecular weight excluding hydrogens is 713 g/mol. The lowest BCUT2D eigenvalue weighted by Gasteiger charge is -2.36. The summed E-state index contributed by atoms with van der Waals surface area (Å²) < 4.78 is 0. The molecule has 0 atom stereocenters. The monoisotopic (exact) mass is 756 g/mol. The van der Waals surface area contributed by atoms with Crippen LogP contribution in [0.4, 0.5) is 0 Å². The lowest BCUT2D eigenvalue weighted by molar-refractivity contribution is 0.448. The van der Waals surface area contributed by atoms with Gasteiger partial charge in [-0.3, -0.25) is 0 Å². The van der Waals surface area contributed by atoms with Crippen LogP contribution in [0.25, 0.3) is 22.3 Å². The molecule has 0 bridgehead atoms. The maximum atomic E-state index is 11.1. The lowest BCUT2D eigenvalue weighted by atomic mass is 9.65. The summed E-state index contributed by atoms with van der Waals surface area (Å²) in [4.78, 5) is 0. The van der Waals surface area contributed by atoms with Gasteiger partial charge < -0.3 is 20.4 Å². The molecular formula is C54H44O4. The number of phenolic OH excluding ortho intramolecular Hbond substituents is 4. The zero-order valence-corrected chi connectivity index (χ0v) is 33.0. The van der Waals surface area contributed by atoms with Crippen molar-refractivity contribution < 1.29 is 20.4 Å². The predicted octanol–water partition coefficient (Wildman–Crippen LogP) is 12.2. The highest BCUT2D eigenvalue weighted by atomic mass is 16.3. The Bertz CT molecular complexity index is 2700. The second-order valence-corrected chi connectivity index (χ2v) is 15.7. The number of hydrogen-bond donors (Lipinski definition) is 4. The summed E-state index contributed by atoms with van der Waals surface area (Å²) in [5.74, 6) is 0.947. The number of rotatable bonds is 4. The van der Waals surface area contributed by atoms with E-state index >= 15 is 0 Å². The zero-order chi connectivity index (χ0) is 40.3. The molecule has 0 amide bonds. The molecule has 8 aromatic rings. The number of aryl methyl sites for hydroxylation is 4. The largest absolute Gasteiger partial charge is 0.508 e. The fourth-order valence-corrected chi connectivity index (χ4v) is 9.87. The Kier molecular flexibility index (Phi) is 8.74. The van der Waals surface area contributed by atoms with Crippen molar-refractivity contribution in [2.75, 3.05) is 0 Å². The van der Waals surface area contributed by atoms with Gasteiger partial charge >= 0.3 is 0 Å². The van der Waals surface area contributed by atoms with E-state index in [1.54, 1.807) is 24.3 Å². The van der Waals surface area contributed by atoms with Crippen LogP contribution >= 0.6 is 0 Å². The smallest absolute Gasteiger partial charge is 0.120 e. The molecule has 4 nitrogen and oxygen atoms in total. The summed E-state index contributed by atoms with van der Waals surface area (Å²) >= 11 is 0. The van der Waals surface area contributed by atoms with Crippen LogP contribution in [0.15, 0.2) is 170 Å². The zero-order valence-electron chi connectivity index (χ0n) is 33.0. The van der Waals surface area contributed by atoms with Crippen LogP contribution in [0.3, 0.4) is 0 Å². The van der Waals surface area contributed by atoms with Crippen LogP contribution < -0.4 is 0 Å². The SMILES string of the molecule is Cc1ccc(C2(c3ccc(C)cc3O)c3ccccc3-c3ccccc32)c(O)c1.Cc1ccc(O)cc1C1(c2cc(O)ccc2C)c2ccccc2-c2ccccc21. The van der Waals surface area contributed by atoms with E-state index in [1.807, 2.05) is 86.6 Å². The topological polar surface area (TPSA) is 80.9 Å². The predicted molar refractivity (Wildman–Crippen MR) is 233 cm³/mol. The Morgan fingerprint density at radius 1 is 0.293 bits per heavy atom. The van der Waals surface area contributed by atoms with E-state index in [1.165, 1.54) is 22.3 Å². The minimum absolute atomic E-state index is 0.233. The fraction of sp³-hybridized carbons (Fsp3) is 0.111. The molecule has 0 aromatic heterocycles. The minimum Gasteiger partial charge on any atom is -0.508 e. The summed E-state index contributed by atoms with van der Waals surface area (Å²) in [5, 5.41) is 43.0. The summed E-state index contributed by atoms with van der Waals surface area (Å²) in [5.41, 5.74) is 15.5. The Hall–Kier alpha value is -7.04. The van der Waals surface area contributed by atoms with Crippen molar-refractivity contribution in [1.82, 2.24) is 0 Å². The van der Waals surface area contributed by atoms with Gasteiger partial charge in [0.15, 0.2) is 0 Å². The third-order valence-electron chi connectivity index (χ3n) is 12.3. The van der Waals surface area contributed by atoms with Crippen molar-refractivity contribution in [2.45, 2.75) is 38.5 Å². The average Bonchev–Trinajstić information content (AvgIpc) is 3.69. The van der Waals surface area contributed by atoms with Crippen LogP contribution in [0.5, 0.6) is 23.0 Å². The van der Waals surface area contributed by atoms with Gasteiger partial charge in [0.25, 0.3) is 0 Å². The third-order valence-corrected chi connectivity index (χ3v) is 12.3. The lowest BCUT2D eigenvalue weighted by Crippen LogP contribution is -2.30. The highest BCUT2D eigenvalue weighted by Crippen LogP contribution is 2.60. The molecule has 0 aliphatic heterocycles. The van der Waals surface area contributed by atoms with Crippen molar-refractivity contribution in [3.05, 3.63) is 237 Å². The molecule has 4 N–H and O–H groups in total. The van der Waals surface area contributed by atoms with E-state index in [0.29, 0.717) is 0 Å². The van der Waals surface area contributed by atoms with Gasteiger partial charge in [0.1, 0.15) is 23.0 Å². The number of aromatic hydroxyl groups is 4. The summed E-state index contributed by atoms with van der Waals surface area (Å²) in [6.07, 6.45) is 0. The molecule has 58 heavy (non-hydrogen) atoms. The van der Waals surface area contributed by atoms with Gasteiger partial charge in [-0.1, -0.05) is 133 Å².